The number of allylic oxidation sites excluding steroid dienone is 1. The number of carboxylic acids is 1. The van der Waals surface area contributed by atoms with E-state index in [9.17, 15) is 9.59 Å². The van der Waals surface area contributed by atoms with Crippen LogP contribution in [-0.4, -0.2) is 50.9 Å². The summed E-state index contributed by atoms with van der Waals surface area (Å²) < 4.78 is 10.4. The molecule has 2 rings (SSSR count). The fourth-order valence-electron chi connectivity index (χ4n) is 2.55. The highest BCUT2D eigenvalue weighted by Gasteiger charge is 2.12. The maximum absolute atomic E-state index is 11.9. The Labute approximate surface area is 203 Å². The number of carbonyl (C=O) groups excluding carboxylic acids is 1. The first-order valence-corrected chi connectivity index (χ1v) is 11.2. The second kappa shape index (κ2) is 16.9. The predicted molar refractivity (Wildman–Crippen MR) is 140 cm³/mol. The van der Waals surface area contributed by atoms with Crippen molar-refractivity contribution in [2.24, 2.45) is 10.9 Å². The number of nitrogens with one attached hydrogen (secondary N) is 1. The first-order valence-electron chi connectivity index (χ1n) is 11.2. The molecule has 0 unspecified atom stereocenters. The molecule has 0 aliphatic heterocycles. The van der Waals surface area contributed by atoms with Gasteiger partial charge in [0.25, 0.3) is 0 Å². The summed E-state index contributed by atoms with van der Waals surface area (Å²) in [6, 6.07) is 15.2. The highest BCUT2D eigenvalue weighted by Crippen LogP contribution is 2.26. The number of rotatable bonds is 9. The van der Waals surface area contributed by atoms with Crippen LogP contribution >= 0.6 is 0 Å². The Morgan fingerprint density at radius 3 is 1.71 bits per heavy atom. The molecule has 0 radical (unpaired) electrons. The summed E-state index contributed by atoms with van der Waals surface area (Å²) >= 11 is 0. The Bertz CT molecular complexity index is 930. The summed E-state index contributed by atoms with van der Waals surface area (Å²) in [5, 5.41) is 11.5. The molecule has 0 spiro atoms. The second-order valence-electron chi connectivity index (χ2n) is 7.25. The molecule has 0 heterocycles. The summed E-state index contributed by atoms with van der Waals surface area (Å²) in [7, 11) is 4.71. The fourth-order valence-corrected chi connectivity index (χ4v) is 2.55. The molecular formula is C27H38N2O5. The van der Waals surface area contributed by atoms with Crippen LogP contribution < -0.4 is 14.8 Å². The zero-order valence-corrected chi connectivity index (χ0v) is 21.5. The van der Waals surface area contributed by atoms with Gasteiger partial charge in [0.2, 0.25) is 0 Å². The molecule has 2 aromatic rings. The highest BCUT2D eigenvalue weighted by molar-refractivity contribution is 6.34. The molecule has 186 valence electrons. The molecule has 0 bridgehead atoms. The zero-order valence-electron chi connectivity index (χ0n) is 21.5. The molecule has 0 atom stereocenters. The van der Waals surface area contributed by atoms with Crippen molar-refractivity contribution in [3.8, 4) is 11.5 Å². The summed E-state index contributed by atoms with van der Waals surface area (Å²) in [5.74, 6) is 1.04. The van der Waals surface area contributed by atoms with Gasteiger partial charge in [0.05, 0.1) is 19.9 Å². The number of hydrogen-bond acceptors (Lipinski definition) is 6. The number of aldehydes is 1. The highest BCUT2D eigenvalue weighted by atomic mass is 16.5. The van der Waals surface area contributed by atoms with Crippen molar-refractivity contribution in [3.63, 3.8) is 0 Å². The average molecular weight is 471 g/mol. The quantitative estimate of drug-likeness (QED) is 0.226. The molecule has 2 aromatic carbocycles. The molecule has 0 saturated heterocycles. The molecular weight excluding hydrogens is 432 g/mol. The van der Waals surface area contributed by atoms with E-state index in [0.29, 0.717) is 11.5 Å². The Kier molecular flexibility index (Phi) is 15.1. The van der Waals surface area contributed by atoms with Crippen LogP contribution in [0.3, 0.4) is 0 Å². The number of benzene rings is 2. The van der Waals surface area contributed by atoms with Crippen molar-refractivity contribution in [2.45, 2.75) is 34.6 Å². The summed E-state index contributed by atoms with van der Waals surface area (Å²) in [4.78, 5) is 25.1. The van der Waals surface area contributed by atoms with E-state index >= 15 is 0 Å². The van der Waals surface area contributed by atoms with E-state index in [2.05, 4.69) is 24.2 Å². The molecule has 0 saturated carbocycles. The monoisotopic (exact) mass is 470 g/mol. The van der Waals surface area contributed by atoms with Gasteiger partial charge in [-0.2, -0.15) is 0 Å². The lowest BCUT2D eigenvalue weighted by molar-refractivity contribution is -0.129. The van der Waals surface area contributed by atoms with Crippen LogP contribution in [0.5, 0.6) is 11.5 Å². The number of nitrogens with zero attached hydrogens (tertiary/aromatic N) is 1. The van der Waals surface area contributed by atoms with Crippen LogP contribution in [0.4, 0.5) is 0 Å². The number of ether oxygens (including phenoxy) is 2. The molecule has 7 heteroatoms. The molecule has 2 N–H and O–H groups in total. The van der Waals surface area contributed by atoms with E-state index in [1.807, 2.05) is 62.4 Å². The van der Waals surface area contributed by atoms with Crippen LogP contribution in [0.25, 0.3) is 11.3 Å². The summed E-state index contributed by atoms with van der Waals surface area (Å²) in [6.45, 7) is 10.5. The minimum absolute atomic E-state index is 0.139. The van der Waals surface area contributed by atoms with Gasteiger partial charge in [-0.15, -0.1) is 0 Å². The Morgan fingerprint density at radius 2 is 1.41 bits per heavy atom. The van der Waals surface area contributed by atoms with E-state index in [-0.39, 0.29) is 5.71 Å². The van der Waals surface area contributed by atoms with Crippen LogP contribution in [0.15, 0.2) is 53.5 Å². The second-order valence-corrected chi connectivity index (χ2v) is 7.25. The Morgan fingerprint density at radius 1 is 0.971 bits per heavy atom. The molecule has 34 heavy (non-hydrogen) atoms. The van der Waals surface area contributed by atoms with Gasteiger partial charge in [-0.05, 0) is 60.4 Å². The third-order valence-electron chi connectivity index (χ3n) is 4.50. The van der Waals surface area contributed by atoms with Gasteiger partial charge in [-0.1, -0.05) is 39.8 Å². The van der Waals surface area contributed by atoms with Crippen LogP contribution in [-0.2, 0) is 9.59 Å². The SMILES string of the molecule is CC.CN=C(C)C(=O)O.COc1ccc(/C(C=O)=C(/NCC(C)C)c2ccc(OC)cc2)cc1. The van der Waals surface area contributed by atoms with Crippen molar-refractivity contribution in [1.29, 1.82) is 0 Å². The van der Waals surface area contributed by atoms with Crippen LogP contribution in [0.2, 0.25) is 0 Å². The lowest BCUT2D eigenvalue weighted by Gasteiger charge is -2.17. The van der Waals surface area contributed by atoms with Crippen molar-refractivity contribution >= 4 is 29.2 Å². The normalized spacial score (nSPS) is 11.1. The van der Waals surface area contributed by atoms with Crippen molar-refractivity contribution in [1.82, 2.24) is 5.32 Å². The van der Waals surface area contributed by atoms with E-state index in [1.54, 1.807) is 14.2 Å². The van der Waals surface area contributed by atoms with E-state index in [1.165, 1.54) is 14.0 Å². The smallest absolute Gasteiger partial charge is 0.349 e. The van der Waals surface area contributed by atoms with Gasteiger partial charge in [0, 0.05) is 19.2 Å². The summed E-state index contributed by atoms with van der Waals surface area (Å²) in [6.07, 6.45) is 0.898. The number of methoxy groups -OCH3 is 2. The van der Waals surface area contributed by atoms with Gasteiger partial charge in [0.1, 0.15) is 17.2 Å². The largest absolute Gasteiger partial charge is 0.497 e. The van der Waals surface area contributed by atoms with Crippen LogP contribution in [0, 0.1) is 5.92 Å². The fraction of sp³-hybridized carbons (Fsp3) is 0.370. The Hall–Kier alpha value is -3.61. The minimum Gasteiger partial charge on any atom is -0.497 e. The third-order valence-corrected chi connectivity index (χ3v) is 4.50. The standard InChI is InChI=1S/C21H25NO3.C4H7NO2.C2H6/c1-15(2)13-22-21(17-7-11-19(25-4)12-8-17)20(14-23)16-5-9-18(24-3)10-6-16;1-3(5-2)4(6)7;1-2/h5-12,14-15,22H,13H2,1-4H3;1-2H3,(H,6,7);1-2H3/b21-20+;;. The van der Waals surface area contributed by atoms with Gasteiger partial charge in [0.15, 0.2) is 6.29 Å². The summed E-state index contributed by atoms with van der Waals surface area (Å²) in [5.41, 5.74) is 3.36. The zero-order chi connectivity index (χ0) is 26.1. The number of aliphatic carboxylic acids is 1. The molecule has 0 aromatic heterocycles. The molecule has 0 amide bonds. The lowest BCUT2D eigenvalue weighted by Crippen LogP contribution is -2.20. The number of hydrogen-bond donors (Lipinski definition) is 2. The van der Waals surface area contributed by atoms with Crippen molar-refractivity contribution < 1.29 is 24.2 Å². The third kappa shape index (κ3) is 10.3. The average Bonchev–Trinajstić information content (AvgIpc) is 2.87. The minimum atomic E-state index is -0.956. The number of carboxylic acid groups (broad SMARTS) is 1. The van der Waals surface area contributed by atoms with E-state index in [0.717, 1.165) is 41.2 Å². The topological polar surface area (TPSA) is 97.2 Å². The van der Waals surface area contributed by atoms with E-state index < -0.39 is 5.97 Å². The maximum atomic E-state index is 11.9. The lowest BCUT2D eigenvalue weighted by atomic mass is 9.99. The van der Waals surface area contributed by atoms with Crippen molar-refractivity contribution in [3.05, 3.63) is 59.7 Å². The van der Waals surface area contributed by atoms with Gasteiger partial charge >= 0.3 is 5.97 Å². The van der Waals surface area contributed by atoms with Crippen molar-refractivity contribution in [2.75, 3.05) is 27.8 Å². The first kappa shape index (κ1) is 30.4. The number of aliphatic imine (C=N–C) groups is 1. The molecule has 0 aliphatic rings. The molecule has 0 fully saturated rings. The molecule has 7 nitrogen and oxygen atoms in total. The predicted octanol–water partition coefficient (Wildman–Crippen LogP) is 5.20. The van der Waals surface area contributed by atoms with Gasteiger partial charge in [-0.3, -0.25) is 9.79 Å². The number of carbonyl (C=O) groups is 2. The van der Waals surface area contributed by atoms with E-state index in [4.69, 9.17) is 14.6 Å². The Balaban J connectivity index is 0.00000104. The van der Waals surface area contributed by atoms with Crippen LogP contribution in [0.1, 0.15) is 45.7 Å². The van der Waals surface area contributed by atoms with Gasteiger partial charge < -0.3 is 19.9 Å². The molecule has 0 aliphatic carbocycles. The van der Waals surface area contributed by atoms with Gasteiger partial charge in [-0.25, -0.2) is 4.79 Å². The maximum Gasteiger partial charge on any atom is 0.349 e. The first-order chi connectivity index (χ1) is 16.3.